The average Bonchev–Trinajstić information content (AvgIpc) is 2.80. The predicted octanol–water partition coefficient (Wildman–Crippen LogP) is 7.00. The molecule has 0 saturated heterocycles. The lowest BCUT2D eigenvalue weighted by molar-refractivity contribution is 1.53. The van der Waals surface area contributed by atoms with Crippen LogP contribution in [0.25, 0.3) is 22.3 Å². The van der Waals surface area contributed by atoms with Crippen molar-refractivity contribution >= 4 is 38.6 Å². The van der Waals surface area contributed by atoms with E-state index < -0.39 is 16.9 Å². The van der Waals surface area contributed by atoms with Crippen LogP contribution < -0.4 is 15.7 Å². The number of hydrogen-bond donors (Lipinski definition) is 1. The van der Waals surface area contributed by atoms with Crippen molar-refractivity contribution in [2.45, 2.75) is 32.7 Å². The van der Waals surface area contributed by atoms with E-state index in [9.17, 15) is 0 Å². The van der Waals surface area contributed by atoms with Gasteiger partial charge in [-0.15, -0.1) is 0 Å². The SMILES string of the molecule is C[SiH](C)c1ccc(-c2ccc(Nc3ccc(-c4ccc([Si](C)(C)C)cc4)cc3)cc2)cc1. The summed E-state index contributed by atoms with van der Waals surface area (Å²) in [6.07, 6.45) is 0. The zero-order chi connectivity index (χ0) is 22.7. The fraction of sp³-hybridized carbons (Fsp3) is 0.172. The molecule has 0 saturated carbocycles. The third-order valence-electron chi connectivity index (χ3n) is 6.05. The number of rotatable bonds is 6. The molecule has 0 atom stereocenters. The van der Waals surface area contributed by atoms with Gasteiger partial charge in [0, 0.05) is 11.4 Å². The molecule has 0 amide bonds. The maximum absolute atomic E-state index is 3.53. The van der Waals surface area contributed by atoms with Gasteiger partial charge < -0.3 is 5.32 Å². The molecule has 162 valence electrons. The summed E-state index contributed by atoms with van der Waals surface area (Å²) in [7, 11) is -1.98. The molecule has 0 aliphatic carbocycles. The highest BCUT2D eigenvalue weighted by molar-refractivity contribution is 6.88. The largest absolute Gasteiger partial charge is 0.356 e. The first-order valence-corrected chi connectivity index (χ1v) is 17.9. The Bertz CT molecular complexity index is 1150. The van der Waals surface area contributed by atoms with Gasteiger partial charge in [0.1, 0.15) is 0 Å². The van der Waals surface area contributed by atoms with Crippen molar-refractivity contribution in [3.8, 4) is 22.3 Å². The van der Waals surface area contributed by atoms with Crippen LogP contribution in [0.4, 0.5) is 11.4 Å². The van der Waals surface area contributed by atoms with Crippen molar-refractivity contribution in [1.29, 1.82) is 0 Å². The Kier molecular flexibility index (Phi) is 6.49. The van der Waals surface area contributed by atoms with Gasteiger partial charge >= 0.3 is 0 Å². The van der Waals surface area contributed by atoms with Crippen LogP contribution in [0.3, 0.4) is 0 Å². The van der Waals surface area contributed by atoms with Crippen LogP contribution in [-0.2, 0) is 0 Å². The van der Waals surface area contributed by atoms with E-state index >= 15 is 0 Å². The van der Waals surface area contributed by atoms with Crippen LogP contribution in [0.15, 0.2) is 97.1 Å². The van der Waals surface area contributed by atoms with Crippen molar-refractivity contribution in [3.63, 3.8) is 0 Å². The molecule has 1 nitrogen and oxygen atoms in total. The van der Waals surface area contributed by atoms with Crippen LogP contribution in [0, 0.1) is 0 Å². The number of hydrogen-bond acceptors (Lipinski definition) is 1. The highest BCUT2D eigenvalue weighted by atomic mass is 28.3. The van der Waals surface area contributed by atoms with Crippen molar-refractivity contribution in [3.05, 3.63) is 97.1 Å². The quantitative estimate of drug-likeness (QED) is 0.311. The average molecular weight is 452 g/mol. The smallest absolute Gasteiger partial charge is 0.0775 e. The third-order valence-corrected chi connectivity index (χ3v) is 9.84. The predicted molar refractivity (Wildman–Crippen MR) is 149 cm³/mol. The monoisotopic (exact) mass is 451 g/mol. The highest BCUT2D eigenvalue weighted by Gasteiger charge is 2.15. The van der Waals surface area contributed by atoms with Gasteiger partial charge in [-0.2, -0.15) is 0 Å². The Morgan fingerprint density at radius 1 is 0.500 bits per heavy atom. The van der Waals surface area contributed by atoms with Gasteiger partial charge in [0.05, 0.1) is 16.9 Å². The van der Waals surface area contributed by atoms with Crippen molar-refractivity contribution in [1.82, 2.24) is 0 Å². The maximum atomic E-state index is 3.53. The molecule has 32 heavy (non-hydrogen) atoms. The molecule has 4 rings (SSSR count). The van der Waals surface area contributed by atoms with E-state index in [0.717, 1.165) is 11.4 Å². The molecule has 0 radical (unpaired) electrons. The van der Waals surface area contributed by atoms with Crippen LogP contribution >= 0.6 is 0 Å². The Morgan fingerprint density at radius 3 is 1.19 bits per heavy atom. The van der Waals surface area contributed by atoms with E-state index in [1.54, 1.807) is 0 Å². The fourth-order valence-corrected chi connectivity index (χ4v) is 6.01. The molecule has 3 heteroatoms. The van der Waals surface area contributed by atoms with Crippen molar-refractivity contribution in [2.75, 3.05) is 5.32 Å². The molecule has 1 N–H and O–H groups in total. The molecule has 0 fully saturated rings. The molecular weight excluding hydrogens is 418 g/mol. The lowest BCUT2D eigenvalue weighted by atomic mass is 10.0. The second-order valence-electron chi connectivity index (χ2n) is 9.88. The van der Waals surface area contributed by atoms with E-state index in [0.29, 0.717) is 0 Å². The Morgan fingerprint density at radius 2 is 0.844 bits per heavy atom. The molecule has 0 bridgehead atoms. The minimum atomic E-state index is -1.25. The van der Waals surface area contributed by atoms with Crippen molar-refractivity contribution < 1.29 is 0 Å². The molecule has 0 heterocycles. The summed E-state index contributed by atoms with van der Waals surface area (Å²) < 4.78 is 0. The van der Waals surface area contributed by atoms with Crippen LogP contribution in [0.1, 0.15) is 0 Å². The maximum Gasteiger partial charge on any atom is 0.0775 e. The molecule has 0 aliphatic heterocycles. The zero-order valence-electron chi connectivity index (χ0n) is 19.8. The van der Waals surface area contributed by atoms with E-state index in [-0.39, 0.29) is 0 Å². The Hall–Kier alpha value is -2.89. The first-order chi connectivity index (χ1) is 15.3. The summed E-state index contributed by atoms with van der Waals surface area (Å²) >= 11 is 0. The minimum Gasteiger partial charge on any atom is -0.356 e. The Balaban J connectivity index is 1.43. The highest BCUT2D eigenvalue weighted by Crippen LogP contribution is 2.25. The van der Waals surface area contributed by atoms with Gasteiger partial charge in [-0.3, -0.25) is 0 Å². The first kappa shape index (κ1) is 22.3. The Labute approximate surface area is 195 Å². The van der Waals surface area contributed by atoms with E-state index in [4.69, 9.17) is 0 Å². The third kappa shape index (κ3) is 5.29. The van der Waals surface area contributed by atoms with E-state index in [1.165, 1.54) is 32.6 Å². The molecule has 0 unspecified atom stereocenters. The topological polar surface area (TPSA) is 12.0 Å². The zero-order valence-corrected chi connectivity index (χ0v) is 22.0. The standard InChI is InChI=1S/C29H33NSi2/c1-31(2)28-18-10-24(11-19-28)22-6-14-26(15-7-22)30-27-16-8-23(9-17-27)25-12-20-29(21-13-25)32(3,4)5/h6-21,30-31H,1-5H3. The molecule has 4 aromatic rings. The second kappa shape index (κ2) is 9.31. The second-order valence-corrected chi connectivity index (χ2v) is 17.9. The van der Waals surface area contributed by atoms with Gasteiger partial charge in [0.15, 0.2) is 0 Å². The molecule has 0 spiro atoms. The van der Waals surface area contributed by atoms with Gasteiger partial charge in [0.25, 0.3) is 0 Å². The summed E-state index contributed by atoms with van der Waals surface area (Å²) in [4.78, 5) is 0. The summed E-state index contributed by atoms with van der Waals surface area (Å²) in [6, 6.07) is 35.6. The van der Waals surface area contributed by atoms with E-state index in [2.05, 4.69) is 135 Å². The van der Waals surface area contributed by atoms with Crippen molar-refractivity contribution in [2.24, 2.45) is 0 Å². The van der Waals surface area contributed by atoms with Gasteiger partial charge in [-0.1, -0.05) is 116 Å². The lowest BCUT2D eigenvalue weighted by Gasteiger charge is -2.17. The summed E-state index contributed by atoms with van der Waals surface area (Å²) in [6.45, 7) is 11.9. The summed E-state index contributed by atoms with van der Waals surface area (Å²) in [5, 5.41) is 6.54. The fourth-order valence-electron chi connectivity index (χ4n) is 3.88. The number of benzene rings is 4. The van der Waals surface area contributed by atoms with Gasteiger partial charge in [0.2, 0.25) is 0 Å². The minimum absolute atomic E-state index is 0.733. The van der Waals surface area contributed by atoms with Gasteiger partial charge in [-0.25, -0.2) is 0 Å². The van der Waals surface area contributed by atoms with Crippen LogP contribution in [-0.4, -0.2) is 16.9 Å². The number of anilines is 2. The summed E-state index contributed by atoms with van der Waals surface area (Å²) in [5.41, 5.74) is 7.26. The lowest BCUT2D eigenvalue weighted by Crippen LogP contribution is -2.37. The molecule has 0 aliphatic rings. The first-order valence-electron chi connectivity index (χ1n) is 11.5. The molecule has 0 aromatic heterocycles. The van der Waals surface area contributed by atoms with Crippen LogP contribution in [0.2, 0.25) is 32.7 Å². The van der Waals surface area contributed by atoms with Crippen LogP contribution in [0.5, 0.6) is 0 Å². The normalized spacial score (nSPS) is 11.6. The molecular formula is C29H33NSi2. The van der Waals surface area contributed by atoms with Gasteiger partial charge in [-0.05, 0) is 46.5 Å². The summed E-state index contributed by atoms with van der Waals surface area (Å²) in [5.74, 6) is 0. The van der Waals surface area contributed by atoms with E-state index in [1.807, 2.05) is 0 Å². The molecule has 4 aromatic carbocycles. The number of nitrogens with one attached hydrogen (secondary N) is 1.